The van der Waals surface area contributed by atoms with E-state index < -0.39 is 0 Å². The maximum atomic E-state index is 12.3. The number of nitrogens with zero attached hydrogens (tertiary/aromatic N) is 3. The van der Waals surface area contributed by atoms with Crippen LogP contribution >= 0.6 is 11.6 Å². The molecule has 2 heterocycles. The van der Waals surface area contributed by atoms with Crippen molar-refractivity contribution in [3.05, 3.63) is 80.9 Å². The van der Waals surface area contributed by atoms with Gasteiger partial charge in [-0.2, -0.15) is 0 Å². The van der Waals surface area contributed by atoms with E-state index in [4.69, 9.17) is 11.6 Å². The molecule has 0 saturated heterocycles. The molecule has 122 valence electrons. The lowest BCUT2D eigenvalue weighted by Crippen LogP contribution is -2.25. The van der Waals surface area contributed by atoms with Gasteiger partial charge in [-0.3, -0.25) is 14.1 Å². The Labute approximate surface area is 145 Å². The lowest BCUT2D eigenvalue weighted by Gasteiger charge is -2.24. The van der Waals surface area contributed by atoms with Crippen LogP contribution in [0.1, 0.15) is 29.3 Å². The minimum Gasteiger partial charge on any atom is -0.294 e. The van der Waals surface area contributed by atoms with Gasteiger partial charge in [-0.05, 0) is 43.1 Å². The van der Waals surface area contributed by atoms with Crippen LogP contribution in [-0.4, -0.2) is 21.3 Å². The Bertz CT molecular complexity index is 966. The summed E-state index contributed by atoms with van der Waals surface area (Å²) in [5, 5.41) is 0.527. The van der Waals surface area contributed by atoms with Crippen LogP contribution in [0, 0.1) is 0 Å². The quantitative estimate of drug-likeness (QED) is 0.733. The lowest BCUT2D eigenvalue weighted by molar-refractivity contribution is 0.233. The molecule has 3 aromatic rings. The number of benzene rings is 1. The van der Waals surface area contributed by atoms with Crippen molar-refractivity contribution in [2.75, 3.05) is 7.05 Å². The van der Waals surface area contributed by atoms with Gasteiger partial charge in [-0.15, -0.1) is 0 Å². The molecule has 24 heavy (non-hydrogen) atoms. The third-order valence-electron chi connectivity index (χ3n) is 4.72. The summed E-state index contributed by atoms with van der Waals surface area (Å²) < 4.78 is 1.48. The second-order valence-electron chi connectivity index (χ2n) is 6.33. The summed E-state index contributed by atoms with van der Waals surface area (Å²) in [5.41, 5.74) is 4.13. The molecule has 0 radical (unpaired) electrons. The van der Waals surface area contributed by atoms with E-state index in [0.29, 0.717) is 23.3 Å². The van der Waals surface area contributed by atoms with E-state index in [9.17, 15) is 4.79 Å². The van der Waals surface area contributed by atoms with Gasteiger partial charge in [0.25, 0.3) is 5.56 Å². The Morgan fingerprint density at radius 3 is 3.00 bits per heavy atom. The number of rotatable bonds is 3. The summed E-state index contributed by atoms with van der Waals surface area (Å²) in [7, 11) is 2.10. The molecule has 1 aromatic carbocycles. The SMILES string of the molecule is CN(Cc1cc(=O)n2cc(Cl)ccc2n1)[C@H]1CCc2ccccc21. The highest BCUT2D eigenvalue weighted by Gasteiger charge is 2.25. The minimum absolute atomic E-state index is 0.0993. The molecule has 0 unspecified atom stereocenters. The molecule has 4 nitrogen and oxygen atoms in total. The first-order chi connectivity index (χ1) is 11.6. The molecular weight excluding hydrogens is 322 g/mol. The number of pyridine rings is 1. The summed E-state index contributed by atoms with van der Waals surface area (Å²) in [4.78, 5) is 19.2. The summed E-state index contributed by atoms with van der Waals surface area (Å²) >= 11 is 5.95. The highest BCUT2D eigenvalue weighted by Crippen LogP contribution is 2.35. The third kappa shape index (κ3) is 2.72. The monoisotopic (exact) mass is 339 g/mol. The van der Waals surface area contributed by atoms with Crippen molar-refractivity contribution in [1.29, 1.82) is 0 Å². The van der Waals surface area contributed by atoms with Crippen molar-refractivity contribution < 1.29 is 0 Å². The molecule has 0 bridgehead atoms. The molecule has 1 aliphatic rings. The van der Waals surface area contributed by atoms with Crippen molar-refractivity contribution in [1.82, 2.24) is 14.3 Å². The average molecular weight is 340 g/mol. The topological polar surface area (TPSA) is 37.6 Å². The third-order valence-corrected chi connectivity index (χ3v) is 4.94. The molecule has 2 aromatic heterocycles. The molecule has 0 spiro atoms. The Balaban J connectivity index is 1.63. The van der Waals surface area contributed by atoms with Crippen molar-refractivity contribution in [2.45, 2.75) is 25.4 Å². The molecule has 0 fully saturated rings. The van der Waals surface area contributed by atoms with Crippen LogP contribution in [0.25, 0.3) is 5.65 Å². The maximum absolute atomic E-state index is 12.3. The van der Waals surface area contributed by atoms with Gasteiger partial charge in [0, 0.05) is 24.8 Å². The van der Waals surface area contributed by atoms with Crippen LogP contribution in [0.2, 0.25) is 5.02 Å². The summed E-state index contributed by atoms with van der Waals surface area (Å²) in [6.45, 7) is 0.646. The second kappa shape index (κ2) is 6.04. The number of aromatic nitrogens is 2. The van der Waals surface area contributed by atoms with Crippen LogP contribution in [0.3, 0.4) is 0 Å². The first-order valence-corrected chi connectivity index (χ1v) is 8.45. The van der Waals surface area contributed by atoms with E-state index in [1.807, 2.05) is 0 Å². The standard InChI is InChI=1S/C19H18ClN3O/c1-22(17-8-6-13-4-2-3-5-16(13)17)12-15-10-19(24)23-11-14(20)7-9-18(23)21-15/h2-5,7,9-11,17H,6,8,12H2,1H3/t17-/m0/s1. The average Bonchev–Trinajstić information content (AvgIpc) is 3.00. The highest BCUT2D eigenvalue weighted by atomic mass is 35.5. The van der Waals surface area contributed by atoms with Crippen molar-refractivity contribution in [3.63, 3.8) is 0 Å². The maximum Gasteiger partial charge on any atom is 0.258 e. The molecule has 1 atom stereocenters. The van der Waals surface area contributed by atoms with Gasteiger partial charge >= 0.3 is 0 Å². The Hall–Kier alpha value is -2.17. The van der Waals surface area contributed by atoms with E-state index in [1.165, 1.54) is 15.5 Å². The van der Waals surface area contributed by atoms with Gasteiger partial charge in [0.2, 0.25) is 0 Å². The first-order valence-electron chi connectivity index (χ1n) is 8.08. The Kier molecular flexibility index (Phi) is 3.87. The summed E-state index contributed by atoms with van der Waals surface area (Å²) in [6.07, 6.45) is 3.82. The van der Waals surface area contributed by atoms with Gasteiger partial charge in [0.05, 0.1) is 10.7 Å². The molecule has 1 aliphatic carbocycles. The van der Waals surface area contributed by atoms with Gasteiger partial charge in [0.15, 0.2) is 0 Å². The fourth-order valence-electron chi connectivity index (χ4n) is 3.57. The fraction of sp³-hybridized carbons (Fsp3) is 0.263. The largest absolute Gasteiger partial charge is 0.294 e. The molecule has 4 rings (SSSR count). The van der Waals surface area contributed by atoms with Crippen molar-refractivity contribution in [3.8, 4) is 0 Å². The predicted molar refractivity (Wildman–Crippen MR) is 95.4 cm³/mol. The van der Waals surface area contributed by atoms with E-state index in [0.717, 1.165) is 18.5 Å². The van der Waals surface area contributed by atoms with Crippen LogP contribution < -0.4 is 5.56 Å². The molecule has 0 saturated carbocycles. The number of hydrogen-bond donors (Lipinski definition) is 0. The zero-order chi connectivity index (χ0) is 16.7. The van der Waals surface area contributed by atoms with E-state index in [-0.39, 0.29) is 5.56 Å². The number of aryl methyl sites for hydroxylation is 1. The van der Waals surface area contributed by atoms with Gasteiger partial charge in [-0.1, -0.05) is 35.9 Å². The Morgan fingerprint density at radius 1 is 1.29 bits per heavy atom. The number of hydrogen-bond acceptors (Lipinski definition) is 3. The van der Waals surface area contributed by atoms with E-state index in [1.54, 1.807) is 24.4 Å². The Morgan fingerprint density at radius 2 is 2.12 bits per heavy atom. The van der Waals surface area contributed by atoms with Crippen molar-refractivity contribution >= 4 is 17.2 Å². The lowest BCUT2D eigenvalue weighted by atomic mass is 10.1. The van der Waals surface area contributed by atoms with E-state index in [2.05, 4.69) is 41.2 Å². The summed E-state index contributed by atoms with van der Waals surface area (Å²) in [6, 6.07) is 14.1. The fourth-order valence-corrected chi connectivity index (χ4v) is 3.73. The summed E-state index contributed by atoms with van der Waals surface area (Å²) in [5.74, 6) is 0. The molecule has 5 heteroatoms. The molecule has 0 aliphatic heterocycles. The zero-order valence-corrected chi connectivity index (χ0v) is 14.2. The van der Waals surface area contributed by atoms with Gasteiger partial charge in [0.1, 0.15) is 5.65 Å². The van der Waals surface area contributed by atoms with Crippen LogP contribution in [0.4, 0.5) is 0 Å². The van der Waals surface area contributed by atoms with Crippen LogP contribution in [0.5, 0.6) is 0 Å². The highest BCUT2D eigenvalue weighted by molar-refractivity contribution is 6.30. The predicted octanol–water partition coefficient (Wildman–Crippen LogP) is 3.47. The molecule has 0 amide bonds. The van der Waals surface area contributed by atoms with Gasteiger partial charge < -0.3 is 0 Å². The zero-order valence-electron chi connectivity index (χ0n) is 13.4. The van der Waals surface area contributed by atoms with Gasteiger partial charge in [-0.25, -0.2) is 4.98 Å². The number of fused-ring (bicyclic) bond motifs is 2. The second-order valence-corrected chi connectivity index (χ2v) is 6.77. The van der Waals surface area contributed by atoms with Crippen LogP contribution in [0.15, 0.2) is 53.5 Å². The minimum atomic E-state index is -0.0993. The smallest absolute Gasteiger partial charge is 0.258 e. The van der Waals surface area contributed by atoms with Crippen molar-refractivity contribution in [2.24, 2.45) is 0 Å². The normalized spacial score (nSPS) is 16.7. The van der Waals surface area contributed by atoms with E-state index >= 15 is 0 Å². The number of halogens is 1. The molecular formula is C19H18ClN3O. The molecule has 0 N–H and O–H groups in total. The van der Waals surface area contributed by atoms with Crippen LogP contribution in [-0.2, 0) is 13.0 Å². The first kappa shape index (κ1) is 15.4.